The van der Waals surface area contributed by atoms with Crippen LogP contribution < -0.4 is 4.74 Å². The van der Waals surface area contributed by atoms with Crippen LogP contribution in [-0.4, -0.2) is 21.7 Å². The maximum Gasteiger partial charge on any atom is 0.416 e. The third-order valence-corrected chi connectivity index (χ3v) is 3.33. The summed E-state index contributed by atoms with van der Waals surface area (Å²) in [5.74, 6) is 1.22. The van der Waals surface area contributed by atoms with E-state index in [0.717, 1.165) is 17.7 Å². The van der Waals surface area contributed by atoms with E-state index < -0.39 is 11.7 Å². The molecule has 0 unspecified atom stereocenters. The van der Waals surface area contributed by atoms with Gasteiger partial charge in [0.25, 0.3) is 0 Å². The van der Waals surface area contributed by atoms with Crippen LogP contribution in [0.5, 0.6) is 5.75 Å². The molecule has 0 bridgehead atoms. The highest BCUT2D eigenvalue weighted by Crippen LogP contribution is 2.29. The van der Waals surface area contributed by atoms with E-state index in [9.17, 15) is 13.2 Å². The SMILES string of the molecule is COc1cccn2c(Cc3ccc(C(F)(F)F)cc3)nnc12. The fraction of sp³-hybridized carbons (Fsp3) is 0.200. The molecule has 2 heterocycles. The number of halogens is 3. The first-order chi connectivity index (χ1) is 10.5. The number of fused-ring (bicyclic) bond motifs is 1. The molecule has 0 aliphatic rings. The van der Waals surface area contributed by atoms with Crippen molar-refractivity contribution in [1.82, 2.24) is 14.6 Å². The number of aromatic nitrogens is 3. The van der Waals surface area contributed by atoms with Crippen LogP contribution in [0.3, 0.4) is 0 Å². The molecule has 114 valence electrons. The van der Waals surface area contributed by atoms with Crippen LogP contribution in [0.1, 0.15) is 17.0 Å². The lowest BCUT2D eigenvalue weighted by molar-refractivity contribution is -0.137. The molecule has 0 aliphatic carbocycles. The monoisotopic (exact) mass is 307 g/mol. The van der Waals surface area contributed by atoms with E-state index in [1.165, 1.54) is 12.1 Å². The quantitative estimate of drug-likeness (QED) is 0.745. The van der Waals surface area contributed by atoms with Crippen LogP contribution in [0, 0.1) is 0 Å². The molecule has 3 rings (SSSR count). The molecule has 0 atom stereocenters. The number of ether oxygens (including phenoxy) is 1. The van der Waals surface area contributed by atoms with E-state index in [2.05, 4.69) is 10.2 Å². The summed E-state index contributed by atoms with van der Waals surface area (Å²) in [6, 6.07) is 8.60. The van der Waals surface area contributed by atoms with Crippen LogP contribution in [0.25, 0.3) is 5.65 Å². The number of hydrogen-bond acceptors (Lipinski definition) is 3. The molecule has 0 saturated carbocycles. The van der Waals surface area contributed by atoms with E-state index in [-0.39, 0.29) is 0 Å². The molecule has 0 fully saturated rings. The fourth-order valence-electron chi connectivity index (χ4n) is 2.21. The summed E-state index contributed by atoms with van der Waals surface area (Å²) in [5, 5.41) is 8.13. The first kappa shape index (κ1) is 14.4. The molecule has 0 amide bonds. The van der Waals surface area contributed by atoms with Crippen molar-refractivity contribution in [2.45, 2.75) is 12.6 Å². The number of nitrogens with zero attached hydrogens (tertiary/aromatic N) is 3. The second-order valence-electron chi connectivity index (χ2n) is 4.76. The van der Waals surface area contributed by atoms with Crippen LogP contribution >= 0.6 is 0 Å². The number of hydrogen-bond donors (Lipinski definition) is 0. The standard InChI is InChI=1S/C15H12F3N3O/c1-22-12-3-2-8-21-13(19-20-14(12)21)9-10-4-6-11(7-5-10)15(16,17)18/h2-8H,9H2,1H3. The van der Waals surface area contributed by atoms with Crippen molar-refractivity contribution in [3.63, 3.8) is 0 Å². The molecule has 7 heteroatoms. The van der Waals surface area contributed by atoms with Gasteiger partial charge in [0.2, 0.25) is 5.65 Å². The molecule has 0 N–H and O–H groups in total. The van der Waals surface area contributed by atoms with Gasteiger partial charge in [-0.1, -0.05) is 12.1 Å². The van der Waals surface area contributed by atoms with Gasteiger partial charge in [-0.25, -0.2) is 0 Å². The third-order valence-electron chi connectivity index (χ3n) is 3.33. The Labute approximate surface area is 124 Å². The molecule has 1 aromatic carbocycles. The van der Waals surface area contributed by atoms with Crippen molar-refractivity contribution in [3.8, 4) is 5.75 Å². The second-order valence-corrected chi connectivity index (χ2v) is 4.76. The first-order valence-corrected chi connectivity index (χ1v) is 6.52. The minimum atomic E-state index is -4.33. The Morgan fingerprint density at radius 1 is 1.09 bits per heavy atom. The Kier molecular flexibility index (Phi) is 3.48. The summed E-state index contributed by atoms with van der Waals surface area (Å²) in [7, 11) is 1.54. The van der Waals surface area contributed by atoms with Crippen LogP contribution in [0.2, 0.25) is 0 Å². The van der Waals surface area contributed by atoms with E-state index >= 15 is 0 Å². The van der Waals surface area contributed by atoms with Crippen molar-refractivity contribution in [2.24, 2.45) is 0 Å². The van der Waals surface area contributed by atoms with Gasteiger partial charge < -0.3 is 4.74 Å². The van der Waals surface area contributed by atoms with Gasteiger partial charge in [-0.15, -0.1) is 10.2 Å². The zero-order chi connectivity index (χ0) is 15.7. The van der Waals surface area contributed by atoms with Crippen molar-refractivity contribution in [2.75, 3.05) is 7.11 Å². The number of benzene rings is 1. The minimum absolute atomic E-state index is 0.381. The Morgan fingerprint density at radius 3 is 2.45 bits per heavy atom. The summed E-state index contributed by atoms with van der Waals surface area (Å²) in [5.41, 5.74) is 0.640. The molecule has 0 spiro atoms. The lowest BCUT2D eigenvalue weighted by Gasteiger charge is -2.07. The van der Waals surface area contributed by atoms with Crippen LogP contribution in [0.4, 0.5) is 13.2 Å². The summed E-state index contributed by atoms with van der Waals surface area (Å²) in [4.78, 5) is 0. The molecule has 0 aliphatic heterocycles. The Balaban J connectivity index is 1.90. The molecular weight excluding hydrogens is 295 g/mol. The molecule has 0 saturated heterocycles. The molecular formula is C15H12F3N3O. The smallest absolute Gasteiger partial charge is 0.416 e. The molecule has 2 aromatic heterocycles. The van der Waals surface area contributed by atoms with Gasteiger partial charge in [0.15, 0.2) is 5.75 Å². The topological polar surface area (TPSA) is 39.4 Å². The van der Waals surface area contributed by atoms with Crippen molar-refractivity contribution in [3.05, 3.63) is 59.5 Å². The van der Waals surface area contributed by atoms with Gasteiger partial charge in [-0.2, -0.15) is 13.2 Å². The largest absolute Gasteiger partial charge is 0.493 e. The van der Waals surface area contributed by atoms with Gasteiger partial charge in [0, 0.05) is 12.6 Å². The number of rotatable bonds is 3. The van der Waals surface area contributed by atoms with Crippen molar-refractivity contribution >= 4 is 5.65 Å². The highest BCUT2D eigenvalue weighted by atomic mass is 19.4. The maximum atomic E-state index is 12.5. The minimum Gasteiger partial charge on any atom is -0.493 e. The average molecular weight is 307 g/mol. The molecule has 4 nitrogen and oxygen atoms in total. The van der Waals surface area contributed by atoms with E-state index in [0.29, 0.717) is 23.6 Å². The van der Waals surface area contributed by atoms with Crippen LogP contribution in [0.15, 0.2) is 42.6 Å². The summed E-state index contributed by atoms with van der Waals surface area (Å²) >= 11 is 0. The van der Waals surface area contributed by atoms with Crippen LogP contribution in [-0.2, 0) is 12.6 Å². The Hall–Kier alpha value is -2.57. The predicted molar refractivity (Wildman–Crippen MR) is 73.8 cm³/mol. The number of methoxy groups -OCH3 is 1. The third kappa shape index (κ3) is 2.61. The molecule has 3 aromatic rings. The summed E-state index contributed by atoms with van der Waals surface area (Å²) in [6.45, 7) is 0. The summed E-state index contributed by atoms with van der Waals surface area (Å²) < 4.78 is 44.6. The van der Waals surface area contributed by atoms with Gasteiger partial charge >= 0.3 is 6.18 Å². The zero-order valence-electron chi connectivity index (χ0n) is 11.6. The zero-order valence-corrected chi connectivity index (χ0v) is 11.6. The van der Waals surface area contributed by atoms with Gasteiger partial charge in [-0.3, -0.25) is 4.40 Å². The first-order valence-electron chi connectivity index (χ1n) is 6.52. The highest BCUT2D eigenvalue weighted by molar-refractivity contribution is 5.53. The van der Waals surface area contributed by atoms with E-state index in [1.54, 1.807) is 29.8 Å². The lowest BCUT2D eigenvalue weighted by atomic mass is 10.1. The average Bonchev–Trinajstić information content (AvgIpc) is 2.90. The molecule has 22 heavy (non-hydrogen) atoms. The fourth-order valence-corrected chi connectivity index (χ4v) is 2.21. The Bertz CT molecular complexity index is 794. The summed E-state index contributed by atoms with van der Waals surface area (Å²) in [6.07, 6.45) is -2.16. The van der Waals surface area contributed by atoms with Crippen molar-refractivity contribution < 1.29 is 17.9 Å². The lowest BCUT2D eigenvalue weighted by Crippen LogP contribution is -2.05. The van der Waals surface area contributed by atoms with Gasteiger partial charge in [0.1, 0.15) is 5.82 Å². The normalized spacial score (nSPS) is 11.8. The van der Waals surface area contributed by atoms with Gasteiger partial charge in [0.05, 0.1) is 12.7 Å². The van der Waals surface area contributed by atoms with Crippen molar-refractivity contribution in [1.29, 1.82) is 0 Å². The van der Waals surface area contributed by atoms with E-state index in [1.807, 2.05) is 0 Å². The number of pyridine rings is 1. The molecule has 0 radical (unpaired) electrons. The van der Waals surface area contributed by atoms with Gasteiger partial charge in [-0.05, 0) is 29.8 Å². The highest BCUT2D eigenvalue weighted by Gasteiger charge is 2.29. The number of alkyl halides is 3. The predicted octanol–water partition coefficient (Wildman–Crippen LogP) is 3.35. The second kappa shape index (κ2) is 5.32. The Morgan fingerprint density at radius 2 is 1.82 bits per heavy atom. The maximum absolute atomic E-state index is 12.5. The van der Waals surface area contributed by atoms with E-state index in [4.69, 9.17) is 4.74 Å².